The van der Waals surface area contributed by atoms with Crippen LogP contribution in [0.4, 0.5) is 11.5 Å². The van der Waals surface area contributed by atoms with Gasteiger partial charge in [-0.25, -0.2) is 4.98 Å². The molecular weight excluding hydrogens is 232 g/mol. The molecule has 0 saturated heterocycles. The lowest BCUT2D eigenvalue weighted by atomic mass is 10.2. The second-order valence-corrected chi connectivity index (χ2v) is 3.95. The van der Waals surface area contributed by atoms with Gasteiger partial charge in [0.1, 0.15) is 6.07 Å². The van der Waals surface area contributed by atoms with Crippen LogP contribution in [0, 0.1) is 21.4 Å². The highest BCUT2D eigenvalue weighted by Gasteiger charge is 2.15. The molecule has 0 aromatic carbocycles. The molecule has 0 fully saturated rings. The zero-order chi connectivity index (χ0) is 13.4. The van der Waals surface area contributed by atoms with Gasteiger partial charge in [-0.15, -0.1) is 0 Å². The van der Waals surface area contributed by atoms with Gasteiger partial charge in [-0.1, -0.05) is 26.2 Å². The first-order valence-electron chi connectivity index (χ1n) is 5.97. The Morgan fingerprint density at radius 2 is 2.28 bits per heavy atom. The molecule has 1 heterocycles. The summed E-state index contributed by atoms with van der Waals surface area (Å²) in [7, 11) is 0. The molecule has 96 valence electrons. The third-order valence-corrected chi connectivity index (χ3v) is 2.52. The summed E-state index contributed by atoms with van der Waals surface area (Å²) < 4.78 is 0. The fraction of sp³-hybridized carbons (Fsp3) is 0.500. The number of nitrogens with zero attached hydrogens (tertiary/aromatic N) is 3. The molecule has 18 heavy (non-hydrogen) atoms. The van der Waals surface area contributed by atoms with Gasteiger partial charge in [0.05, 0.1) is 10.5 Å². The van der Waals surface area contributed by atoms with Crippen LogP contribution in [0.2, 0.25) is 0 Å². The minimum absolute atomic E-state index is 0.149. The normalized spacial score (nSPS) is 9.78. The smallest absolute Gasteiger partial charge is 0.312 e. The lowest BCUT2D eigenvalue weighted by Gasteiger charge is -2.05. The number of anilines is 1. The first-order chi connectivity index (χ1) is 8.69. The highest BCUT2D eigenvalue weighted by atomic mass is 16.6. The van der Waals surface area contributed by atoms with Gasteiger partial charge < -0.3 is 5.32 Å². The van der Waals surface area contributed by atoms with Crippen LogP contribution in [-0.4, -0.2) is 16.5 Å². The second-order valence-electron chi connectivity index (χ2n) is 3.95. The van der Waals surface area contributed by atoms with E-state index in [1.807, 2.05) is 6.07 Å². The minimum atomic E-state index is -0.526. The van der Waals surface area contributed by atoms with Crippen molar-refractivity contribution in [1.82, 2.24) is 4.98 Å². The van der Waals surface area contributed by atoms with E-state index in [9.17, 15) is 10.1 Å². The largest absolute Gasteiger partial charge is 0.364 e. The first kappa shape index (κ1) is 13.9. The predicted octanol–water partition coefficient (Wildman–Crippen LogP) is 2.85. The predicted molar refractivity (Wildman–Crippen MR) is 68.2 cm³/mol. The molecule has 1 N–H and O–H groups in total. The van der Waals surface area contributed by atoms with Crippen molar-refractivity contribution in [3.8, 4) is 6.07 Å². The van der Waals surface area contributed by atoms with Gasteiger partial charge in [-0.3, -0.25) is 10.1 Å². The molecule has 0 unspecified atom stereocenters. The van der Waals surface area contributed by atoms with Crippen LogP contribution in [0.1, 0.15) is 38.2 Å². The van der Waals surface area contributed by atoms with Crippen LogP contribution in [0.15, 0.2) is 12.3 Å². The van der Waals surface area contributed by atoms with E-state index in [4.69, 9.17) is 5.26 Å². The third-order valence-electron chi connectivity index (χ3n) is 2.52. The monoisotopic (exact) mass is 248 g/mol. The molecule has 0 spiro atoms. The van der Waals surface area contributed by atoms with Gasteiger partial charge in [-0.05, 0) is 6.42 Å². The molecule has 0 saturated carbocycles. The van der Waals surface area contributed by atoms with Crippen molar-refractivity contribution in [3.05, 3.63) is 27.9 Å². The SMILES string of the molecule is CCCCCCNc1ncc(C#N)cc1[N+](=O)[O-]. The molecule has 1 aromatic rings. The Bertz CT molecular complexity index is 454. The van der Waals surface area contributed by atoms with E-state index >= 15 is 0 Å². The second kappa shape index (κ2) is 7.22. The molecular formula is C12H16N4O2. The van der Waals surface area contributed by atoms with Crippen LogP contribution in [-0.2, 0) is 0 Å². The van der Waals surface area contributed by atoms with Crippen LogP contribution in [0.5, 0.6) is 0 Å². The maximum Gasteiger partial charge on any atom is 0.312 e. The lowest BCUT2D eigenvalue weighted by Crippen LogP contribution is -2.06. The molecule has 0 aliphatic rings. The van der Waals surface area contributed by atoms with Gasteiger partial charge in [-0.2, -0.15) is 5.26 Å². The van der Waals surface area contributed by atoms with E-state index < -0.39 is 4.92 Å². The summed E-state index contributed by atoms with van der Waals surface area (Å²) in [6.07, 6.45) is 5.68. The Hall–Kier alpha value is -2.16. The Balaban J connectivity index is 2.65. The van der Waals surface area contributed by atoms with Crippen LogP contribution < -0.4 is 5.32 Å². The van der Waals surface area contributed by atoms with Crippen molar-refractivity contribution in [2.75, 3.05) is 11.9 Å². The molecule has 1 rings (SSSR count). The Morgan fingerprint density at radius 1 is 1.50 bits per heavy atom. The fourth-order valence-corrected chi connectivity index (χ4v) is 1.55. The van der Waals surface area contributed by atoms with E-state index in [2.05, 4.69) is 17.2 Å². The van der Waals surface area contributed by atoms with Gasteiger partial charge in [0.2, 0.25) is 5.82 Å². The van der Waals surface area contributed by atoms with E-state index in [0.717, 1.165) is 25.7 Å². The van der Waals surface area contributed by atoms with Crippen molar-refractivity contribution in [2.24, 2.45) is 0 Å². The summed E-state index contributed by atoms with van der Waals surface area (Å²) in [5.74, 6) is 0.232. The molecule has 0 aliphatic heterocycles. The standard InChI is InChI=1S/C12H16N4O2/c1-2-3-4-5-6-14-12-11(16(17)18)7-10(8-13)9-15-12/h7,9H,2-6H2,1H3,(H,14,15). The Kier molecular flexibility index (Phi) is 5.58. The number of hydrogen-bond acceptors (Lipinski definition) is 5. The molecule has 0 amide bonds. The van der Waals surface area contributed by atoms with Crippen LogP contribution in [0.25, 0.3) is 0 Å². The van der Waals surface area contributed by atoms with E-state index in [-0.39, 0.29) is 17.1 Å². The van der Waals surface area contributed by atoms with Crippen molar-refractivity contribution in [3.63, 3.8) is 0 Å². The minimum Gasteiger partial charge on any atom is -0.364 e. The number of unbranched alkanes of at least 4 members (excludes halogenated alkanes) is 3. The number of hydrogen-bond donors (Lipinski definition) is 1. The van der Waals surface area contributed by atoms with Crippen molar-refractivity contribution in [2.45, 2.75) is 32.6 Å². The number of pyridine rings is 1. The summed E-state index contributed by atoms with van der Waals surface area (Å²) in [6, 6.07) is 3.08. The van der Waals surface area contributed by atoms with Gasteiger partial charge in [0.15, 0.2) is 0 Å². The zero-order valence-electron chi connectivity index (χ0n) is 10.3. The number of nitriles is 1. The van der Waals surface area contributed by atoms with Crippen molar-refractivity contribution in [1.29, 1.82) is 5.26 Å². The molecule has 0 radical (unpaired) electrons. The first-order valence-corrected chi connectivity index (χ1v) is 5.97. The molecule has 6 nitrogen and oxygen atoms in total. The number of aromatic nitrogens is 1. The van der Waals surface area contributed by atoms with Gasteiger partial charge in [0, 0.05) is 18.8 Å². The number of nitrogens with one attached hydrogen (secondary N) is 1. The van der Waals surface area contributed by atoms with Gasteiger partial charge in [0.25, 0.3) is 0 Å². The zero-order valence-corrected chi connectivity index (χ0v) is 10.3. The molecule has 6 heteroatoms. The van der Waals surface area contributed by atoms with Crippen LogP contribution >= 0.6 is 0 Å². The molecule has 0 atom stereocenters. The summed E-state index contributed by atoms with van der Waals surface area (Å²) in [4.78, 5) is 14.2. The maximum atomic E-state index is 10.8. The van der Waals surface area contributed by atoms with Gasteiger partial charge >= 0.3 is 5.69 Å². The highest BCUT2D eigenvalue weighted by Crippen LogP contribution is 2.22. The summed E-state index contributed by atoms with van der Waals surface area (Å²) in [5, 5.41) is 22.5. The molecule has 1 aromatic heterocycles. The summed E-state index contributed by atoms with van der Waals surface area (Å²) >= 11 is 0. The molecule has 0 bridgehead atoms. The average Bonchev–Trinajstić information content (AvgIpc) is 2.38. The third kappa shape index (κ3) is 4.01. The van der Waals surface area contributed by atoms with Crippen LogP contribution in [0.3, 0.4) is 0 Å². The summed E-state index contributed by atoms with van der Waals surface area (Å²) in [5.41, 5.74) is 0.0442. The highest BCUT2D eigenvalue weighted by molar-refractivity contribution is 5.58. The van der Waals surface area contributed by atoms with E-state index in [1.54, 1.807) is 0 Å². The topological polar surface area (TPSA) is 91.8 Å². The Labute approximate surface area is 106 Å². The average molecular weight is 248 g/mol. The fourth-order valence-electron chi connectivity index (χ4n) is 1.55. The summed E-state index contributed by atoms with van der Waals surface area (Å²) in [6.45, 7) is 2.78. The lowest BCUT2D eigenvalue weighted by molar-refractivity contribution is -0.384. The van der Waals surface area contributed by atoms with E-state index in [1.165, 1.54) is 12.3 Å². The molecule has 0 aliphatic carbocycles. The maximum absolute atomic E-state index is 10.8. The van der Waals surface area contributed by atoms with Crippen molar-refractivity contribution >= 4 is 11.5 Å². The van der Waals surface area contributed by atoms with Crippen molar-refractivity contribution < 1.29 is 4.92 Å². The number of rotatable bonds is 7. The van der Waals surface area contributed by atoms with E-state index in [0.29, 0.717) is 6.54 Å². The quantitative estimate of drug-likeness (QED) is 0.455. The Morgan fingerprint density at radius 3 is 2.89 bits per heavy atom. The number of nitro groups is 1.